The largest absolute Gasteiger partial charge is 0.481 e. The zero-order valence-corrected chi connectivity index (χ0v) is 21.0. The Morgan fingerprint density at radius 2 is 1.68 bits per heavy atom. The van der Waals surface area contributed by atoms with E-state index in [9.17, 15) is 9.59 Å². The number of aromatic nitrogens is 4. The zero-order chi connectivity index (χ0) is 27.6. The Bertz CT molecular complexity index is 1230. The van der Waals surface area contributed by atoms with Gasteiger partial charge in [-0.25, -0.2) is 0 Å². The van der Waals surface area contributed by atoms with Crippen LogP contribution < -0.4 is 21.1 Å². The minimum absolute atomic E-state index is 0.174. The lowest BCUT2D eigenvalue weighted by Gasteiger charge is -2.16. The van der Waals surface area contributed by atoms with Gasteiger partial charge in [-0.15, -0.1) is 10.2 Å². The van der Waals surface area contributed by atoms with Gasteiger partial charge < -0.3 is 26.2 Å². The quantitative estimate of drug-likeness (QED) is 0.136. The summed E-state index contributed by atoms with van der Waals surface area (Å²) in [5, 5.41) is 32.4. The molecule has 2 aromatic carbocycles. The van der Waals surface area contributed by atoms with Gasteiger partial charge in [-0.05, 0) is 74.5 Å². The first-order valence-electron chi connectivity index (χ1n) is 11.1. The summed E-state index contributed by atoms with van der Waals surface area (Å²) >= 11 is 0. The molecule has 3 aromatic rings. The molecule has 37 heavy (non-hydrogen) atoms. The van der Waals surface area contributed by atoms with Crippen LogP contribution in [0.15, 0.2) is 48.5 Å². The van der Waals surface area contributed by atoms with Crippen molar-refractivity contribution in [3.63, 3.8) is 0 Å². The van der Waals surface area contributed by atoms with Gasteiger partial charge in [-0.3, -0.25) is 19.8 Å². The minimum Gasteiger partial charge on any atom is -0.481 e. The number of tetrazole rings is 1. The van der Waals surface area contributed by atoms with Gasteiger partial charge >= 0.3 is 5.97 Å². The first-order valence-corrected chi connectivity index (χ1v) is 11.1. The van der Waals surface area contributed by atoms with Crippen LogP contribution >= 0.6 is 0 Å². The molecule has 1 aromatic heterocycles. The van der Waals surface area contributed by atoms with Crippen LogP contribution in [0.2, 0.25) is 0 Å². The van der Waals surface area contributed by atoms with Gasteiger partial charge in [0.1, 0.15) is 5.75 Å². The molecule has 6 N–H and O–H groups in total. The predicted octanol–water partition coefficient (Wildman–Crippen LogP) is 2.12. The number of nitrogens with two attached hydrogens (primary N) is 1. The van der Waals surface area contributed by atoms with Crippen molar-refractivity contribution in [1.29, 1.82) is 5.41 Å². The molecule has 0 aliphatic carbocycles. The number of rotatable bonds is 7. The molecule has 196 valence electrons. The summed E-state index contributed by atoms with van der Waals surface area (Å²) in [6.07, 6.45) is 0. The monoisotopic (exact) mass is 510 g/mol. The summed E-state index contributed by atoms with van der Waals surface area (Å²) in [7, 11) is 0. The first kappa shape index (κ1) is 28.4. The average molecular weight is 511 g/mol. The standard InChI is InChI=1S/C22H26N8O3.C2H4O2/c1-22(2,3)20(32)33-17-10-6-14(7-11-17)18-27-29-30(28-18)13-12-25-19(31)15-4-8-16(9-5-15)26-21(23)24;1-2(3)4/h4-11H,12-13H2,1-3H3,(H,25,31)(H4,23,24,26);1H3,(H,3,4). The normalized spacial score (nSPS) is 10.5. The molecule has 0 aliphatic heterocycles. The van der Waals surface area contributed by atoms with Crippen molar-refractivity contribution >= 4 is 29.5 Å². The van der Waals surface area contributed by atoms with Crippen LogP contribution in [0.25, 0.3) is 11.4 Å². The Kier molecular flexibility index (Phi) is 9.81. The number of nitrogens with zero attached hydrogens (tertiary/aromatic N) is 4. The second-order valence-corrected chi connectivity index (χ2v) is 8.76. The third kappa shape index (κ3) is 9.76. The molecule has 0 radical (unpaired) electrons. The number of amides is 1. The fourth-order valence-corrected chi connectivity index (χ4v) is 2.62. The van der Waals surface area contributed by atoms with E-state index in [1.54, 1.807) is 69.3 Å². The molecule has 13 heteroatoms. The molecule has 0 unspecified atom stereocenters. The average Bonchev–Trinajstić information content (AvgIpc) is 3.27. The summed E-state index contributed by atoms with van der Waals surface area (Å²) in [6, 6.07) is 13.4. The Balaban J connectivity index is 0.00000112. The van der Waals surface area contributed by atoms with Crippen LogP contribution in [0.1, 0.15) is 38.1 Å². The third-order valence-corrected chi connectivity index (χ3v) is 4.41. The second kappa shape index (κ2) is 12.8. The molecule has 13 nitrogen and oxygen atoms in total. The van der Waals surface area contributed by atoms with Crippen LogP contribution in [-0.2, 0) is 16.1 Å². The fourth-order valence-electron chi connectivity index (χ4n) is 2.62. The molecular formula is C24H30N8O5. The molecule has 0 saturated heterocycles. The number of carboxylic acid groups (broad SMARTS) is 1. The van der Waals surface area contributed by atoms with E-state index in [2.05, 4.69) is 26.0 Å². The van der Waals surface area contributed by atoms with Gasteiger partial charge in [-0.1, -0.05) is 0 Å². The smallest absolute Gasteiger partial charge is 0.316 e. The van der Waals surface area contributed by atoms with Crippen molar-refractivity contribution in [3.05, 3.63) is 54.1 Å². The van der Waals surface area contributed by atoms with Crippen molar-refractivity contribution in [1.82, 2.24) is 25.5 Å². The van der Waals surface area contributed by atoms with Crippen molar-refractivity contribution in [3.8, 4) is 17.1 Å². The molecule has 0 bridgehead atoms. The van der Waals surface area contributed by atoms with E-state index in [0.29, 0.717) is 35.9 Å². The molecule has 0 fully saturated rings. The highest BCUT2D eigenvalue weighted by Crippen LogP contribution is 2.22. The van der Waals surface area contributed by atoms with Crippen LogP contribution in [0.5, 0.6) is 5.75 Å². The summed E-state index contributed by atoms with van der Waals surface area (Å²) in [5.41, 5.74) is 6.51. The molecule has 0 aliphatic rings. The summed E-state index contributed by atoms with van der Waals surface area (Å²) in [5.74, 6) is -0.704. The predicted molar refractivity (Wildman–Crippen MR) is 136 cm³/mol. The number of guanidine groups is 1. The number of carboxylic acids is 1. The molecule has 1 heterocycles. The van der Waals surface area contributed by atoms with E-state index in [0.717, 1.165) is 12.5 Å². The summed E-state index contributed by atoms with van der Waals surface area (Å²) in [6.45, 7) is 7.10. The maximum atomic E-state index is 12.3. The Labute approximate surface area is 213 Å². The second-order valence-electron chi connectivity index (χ2n) is 8.76. The molecule has 0 spiro atoms. The number of anilines is 1. The van der Waals surface area contributed by atoms with Gasteiger partial charge in [0.25, 0.3) is 11.9 Å². The number of hydrogen-bond donors (Lipinski definition) is 5. The van der Waals surface area contributed by atoms with Crippen molar-refractivity contribution in [2.24, 2.45) is 11.1 Å². The molecule has 0 saturated carbocycles. The number of benzene rings is 2. The third-order valence-electron chi connectivity index (χ3n) is 4.41. The Morgan fingerprint density at radius 1 is 1.08 bits per heavy atom. The molecule has 3 rings (SSSR count). The number of carbonyl (C=O) groups is 3. The topological polar surface area (TPSA) is 198 Å². The zero-order valence-electron chi connectivity index (χ0n) is 21.0. The van der Waals surface area contributed by atoms with Gasteiger partial charge in [0, 0.05) is 30.3 Å². The maximum Gasteiger partial charge on any atom is 0.316 e. The van der Waals surface area contributed by atoms with E-state index in [1.165, 1.54) is 4.80 Å². The van der Waals surface area contributed by atoms with E-state index < -0.39 is 11.4 Å². The SMILES string of the molecule is CC(=O)O.CC(C)(C)C(=O)Oc1ccc(-c2nnn(CCNC(=O)c3ccc(NC(=N)N)cc3)n2)cc1. The number of carbonyl (C=O) groups excluding carboxylic acids is 2. The lowest BCUT2D eigenvalue weighted by molar-refractivity contribution is -0.143. The number of aliphatic carboxylic acids is 1. The van der Waals surface area contributed by atoms with Crippen LogP contribution in [-0.4, -0.2) is 55.7 Å². The molecule has 1 amide bonds. The Hall–Kier alpha value is -4.81. The minimum atomic E-state index is -0.833. The van der Waals surface area contributed by atoms with E-state index in [1.807, 2.05) is 0 Å². The maximum absolute atomic E-state index is 12.3. The number of ether oxygens (including phenoxy) is 1. The highest BCUT2D eigenvalue weighted by Gasteiger charge is 2.23. The van der Waals surface area contributed by atoms with Crippen molar-refractivity contribution in [2.75, 3.05) is 11.9 Å². The molecular weight excluding hydrogens is 480 g/mol. The Morgan fingerprint density at radius 3 is 2.22 bits per heavy atom. The van der Waals surface area contributed by atoms with Gasteiger partial charge in [0.15, 0.2) is 5.96 Å². The van der Waals surface area contributed by atoms with Crippen LogP contribution in [0.4, 0.5) is 5.69 Å². The highest BCUT2D eigenvalue weighted by atomic mass is 16.5. The van der Waals surface area contributed by atoms with Crippen molar-refractivity contribution < 1.29 is 24.2 Å². The number of hydrogen-bond acceptors (Lipinski definition) is 8. The van der Waals surface area contributed by atoms with Gasteiger partial charge in [0.2, 0.25) is 5.82 Å². The summed E-state index contributed by atoms with van der Waals surface area (Å²) in [4.78, 5) is 34.6. The van der Waals surface area contributed by atoms with E-state index in [4.69, 9.17) is 25.8 Å². The fraction of sp³-hybridized carbons (Fsp3) is 0.292. The summed E-state index contributed by atoms with van der Waals surface area (Å²) < 4.78 is 5.35. The lowest BCUT2D eigenvalue weighted by atomic mass is 9.97. The van der Waals surface area contributed by atoms with E-state index >= 15 is 0 Å². The van der Waals surface area contributed by atoms with Gasteiger partial charge in [-0.2, -0.15) is 4.80 Å². The number of nitrogens with one attached hydrogen (secondary N) is 3. The van der Waals surface area contributed by atoms with Crippen molar-refractivity contribution in [2.45, 2.75) is 34.2 Å². The lowest BCUT2D eigenvalue weighted by Crippen LogP contribution is -2.28. The molecule has 0 atom stereocenters. The first-order chi connectivity index (χ1) is 17.3. The van der Waals surface area contributed by atoms with Crippen LogP contribution in [0.3, 0.4) is 0 Å². The van der Waals surface area contributed by atoms with Crippen LogP contribution in [0, 0.1) is 10.8 Å². The van der Waals surface area contributed by atoms with Gasteiger partial charge in [0.05, 0.1) is 12.0 Å². The highest BCUT2D eigenvalue weighted by molar-refractivity contribution is 5.95. The van der Waals surface area contributed by atoms with E-state index in [-0.39, 0.29) is 17.8 Å². The number of esters is 1.